The van der Waals surface area contributed by atoms with Crippen LogP contribution in [0.3, 0.4) is 0 Å². The summed E-state index contributed by atoms with van der Waals surface area (Å²) in [6.07, 6.45) is 4.29. The van der Waals surface area contributed by atoms with Crippen molar-refractivity contribution in [1.29, 1.82) is 0 Å². The zero-order chi connectivity index (χ0) is 13.9. The molecule has 0 saturated heterocycles. The van der Waals surface area contributed by atoms with Crippen LogP contribution in [0.1, 0.15) is 26.2 Å². The molecule has 106 valence electrons. The normalized spacial score (nSPS) is 23.6. The van der Waals surface area contributed by atoms with Gasteiger partial charge in [0.2, 0.25) is 10.0 Å². The van der Waals surface area contributed by atoms with Crippen molar-refractivity contribution in [2.24, 2.45) is 0 Å². The minimum Gasteiger partial charge on any atom is -0.384 e. The maximum absolute atomic E-state index is 12.2. The van der Waals surface area contributed by atoms with Crippen molar-refractivity contribution in [2.75, 3.05) is 11.5 Å². The minimum atomic E-state index is -3.48. The number of anilines is 1. The first-order valence-corrected chi connectivity index (χ1v) is 8.90. The van der Waals surface area contributed by atoms with E-state index in [1.54, 1.807) is 0 Å². The van der Waals surface area contributed by atoms with E-state index in [0.29, 0.717) is 5.25 Å². The van der Waals surface area contributed by atoms with Crippen LogP contribution >= 0.6 is 11.8 Å². The van der Waals surface area contributed by atoms with Crippen LogP contribution in [0.5, 0.6) is 0 Å². The Kier molecular flexibility index (Phi) is 4.70. The first kappa shape index (κ1) is 14.6. The van der Waals surface area contributed by atoms with Gasteiger partial charge in [-0.05, 0) is 31.1 Å². The first-order valence-electron chi connectivity index (χ1n) is 6.36. The number of nitrogen functional groups attached to an aromatic ring is 1. The Bertz CT molecular complexity index is 534. The van der Waals surface area contributed by atoms with Gasteiger partial charge in [-0.25, -0.2) is 18.1 Å². The molecule has 1 aliphatic rings. The molecular weight excluding hydrogens is 282 g/mol. The number of sulfonamides is 1. The fraction of sp³-hybridized carbons (Fsp3) is 0.583. The van der Waals surface area contributed by atoms with Gasteiger partial charge in [-0.1, -0.05) is 6.92 Å². The molecule has 0 spiro atoms. The predicted octanol–water partition coefficient (Wildman–Crippen LogP) is 1.62. The van der Waals surface area contributed by atoms with E-state index < -0.39 is 10.0 Å². The van der Waals surface area contributed by atoms with Crippen LogP contribution in [-0.2, 0) is 10.0 Å². The number of nitrogens with two attached hydrogens (primary N) is 1. The number of aromatic nitrogens is 1. The third-order valence-electron chi connectivity index (χ3n) is 3.17. The third kappa shape index (κ3) is 3.84. The molecule has 7 heteroatoms. The van der Waals surface area contributed by atoms with Crippen LogP contribution in [0, 0.1) is 0 Å². The highest BCUT2D eigenvalue weighted by molar-refractivity contribution is 7.99. The van der Waals surface area contributed by atoms with E-state index in [1.807, 2.05) is 11.8 Å². The molecule has 1 fully saturated rings. The molecule has 0 aliphatic heterocycles. The highest BCUT2D eigenvalue weighted by Crippen LogP contribution is 2.30. The van der Waals surface area contributed by atoms with Crippen molar-refractivity contribution in [1.82, 2.24) is 9.71 Å². The van der Waals surface area contributed by atoms with Gasteiger partial charge in [0.15, 0.2) is 0 Å². The average molecular weight is 301 g/mol. The van der Waals surface area contributed by atoms with Crippen LogP contribution in [-0.4, -0.2) is 30.4 Å². The fourth-order valence-corrected chi connectivity index (χ4v) is 4.76. The first-order chi connectivity index (χ1) is 9.01. The Hall–Kier alpha value is -0.790. The molecule has 1 heterocycles. The third-order valence-corrected chi connectivity index (χ3v) is 5.92. The summed E-state index contributed by atoms with van der Waals surface area (Å²) >= 11 is 1.90. The quantitative estimate of drug-likeness (QED) is 0.863. The topological polar surface area (TPSA) is 85.1 Å². The lowest BCUT2D eigenvalue weighted by molar-refractivity contribution is 0.552. The number of thioether (sulfide) groups is 1. The molecule has 3 N–H and O–H groups in total. The lowest BCUT2D eigenvalue weighted by Gasteiger charge is -2.13. The van der Waals surface area contributed by atoms with Gasteiger partial charge in [0.25, 0.3) is 0 Å². The average Bonchev–Trinajstić information content (AvgIpc) is 2.76. The van der Waals surface area contributed by atoms with Crippen molar-refractivity contribution in [2.45, 2.75) is 42.4 Å². The van der Waals surface area contributed by atoms with Crippen molar-refractivity contribution >= 4 is 27.6 Å². The van der Waals surface area contributed by atoms with E-state index in [1.165, 1.54) is 18.3 Å². The van der Waals surface area contributed by atoms with E-state index in [-0.39, 0.29) is 16.8 Å². The Morgan fingerprint density at radius 1 is 1.53 bits per heavy atom. The van der Waals surface area contributed by atoms with Gasteiger partial charge in [-0.3, -0.25) is 0 Å². The summed E-state index contributed by atoms with van der Waals surface area (Å²) in [5, 5.41) is 0.570. The summed E-state index contributed by atoms with van der Waals surface area (Å²) in [7, 11) is -3.48. The Labute approximate surface area is 118 Å². The van der Waals surface area contributed by atoms with E-state index in [9.17, 15) is 8.42 Å². The SMILES string of the molecule is CCSC1CCC(NS(=O)(=O)c2ccnc(N)c2)C1. The van der Waals surface area contributed by atoms with Gasteiger partial charge >= 0.3 is 0 Å². The van der Waals surface area contributed by atoms with Gasteiger partial charge < -0.3 is 5.73 Å². The molecule has 1 saturated carbocycles. The monoisotopic (exact) mass is 301 g/mol. The van der Waals surface area contributed by atoms with Gasteiger partial charge in [0.1, 0.15) is 5.82 Å². The summed E-state index contributed by atoms with van der Waals surface area (Å²) < 4.78 is 27.2. The molecule has 2 atom stereocenters. The Balaban J connectivity index is 2.02. The molecule has 0 amide bonds. The van der Waals surface area contributed by atoms with Crippen LogP contribution in [0.25, 0.3) is 0 Å². The van der Waals surface area contributed by atoms with Crippen LogP contribution < -0.4 is 10.5 Å². The number of rotatable bonds is 5. The summed E-state index contributed by atoms with van der Waals surface area (Å²) in [6.45, 7) is 2.13. The van der Waals surface area contributed by atoms with Gasteiger partial charge in [-0.15, -0.1) is 0 Å². The molecule has 5 nitrogen and oxygen atoms in total. The summed E-state index contributed by atoms with van der Waals surface area (Å²) in [5.74, 6) is 1.29. The molecule has 1 aliphatic carbocycles. The molecule has 2 unspecified atom stereocenters. The zero-order valence-corrected chi connectivity index (χ0v) is 12.5. The van der Waals surface area contributed by atoms with E-state index >= 15 is 0 Å². The van der Waals surface area contributed by atoms with Crippen LogP contribution in [0.4, 0.5) is 5.82 Å². The fourth-order valence-electron chi connectivity index (χ4n) is 2.32. The number of nitrogens with one attached hydrogen (secondary N) is 1. The molecular formula is C12H19N3O2S2. The predicted molar refractivity (Wildman–Crippen MR) is 78.5 cm³/mol. The Morgan fingerprint density at radius 2 is 2.32 bits per heavy atom. The molecule has 2 rings (SSSR count). The molecule has 1 aromatic heterocycles. The standard InChI is InChI=1S/C12H19N3O2S2/c1-2-18-10-4-3-9(7-10)15-19(16,17)11-5-6-14-12(13)8-11/h5-6,8-10,15H,2-4,7H2,1H3,(H2,13,14). The zero-order valence-electron chi connectivity index (χ0n) is 10.9. The smallest absolute Gasteiger partial charge is 0.241 e. The Morgan fingerprint density at radius 3 is 3.00 bits per heavy atom. The van der Waals surface area contributed by atoms with Crippen molar-refractivity contribution in [3.8, 4) is 0 Å². The molecule has 19 heavy (non-hydrogen) atoms. The van der Waals surface area contributed by atoms with Gasteiger partial charge in [-0.2, -0.15) is 11.8 Å². The number of hydrogen-bond donors (Lipinski definition) is 2. The van der Waals surface area contributed by atoms with Crippen molar-refractivity contribution < 1.29 is 8.42 Å². The maximum Gasteiger partial charge on any atom is 0.241 e. The number of nitrogens with zero attached hydrogens (tertiary/aromatic N) is 1. The van der Waals surface area contributed by atoms with Crippen LogP contribution in [0.15, 0.2) is 23.2 Å². The molecule has 0 bridgehead atoms. The van der Waals surface area contributed by atoms with E-state index in [4.69, 9.17) is 5.73 Å². The molecule has 0 aromatic carbocycles. The summed E-state index contributed by atoms with van der Waals surface area (Å²) in [6, 6.07) is 2.88. The molecule has 1 aromatic rings. The highest BCUT2D eigenvalue weighted by atomic mass is 32.2. The van der Waals surface area contributed by atoms with Gasteiger partial charge in [0.05, 0.1) is 4.90 Å². The highest BCUT2D eigenvalue weighted by Gasteiger charge is 2.28. The maximum atomic E-state index is 12.2. The largest absolute Gasteiger partial charge is 0.384 e. The van der Waals surface area contributed by atoms with Crippen molar-refractivity contribution in [3.63, 3.8) is 0 Å². The lowest BCUT2D eigenvalue weighted by atomic mass is 10.3. The van der Waals surface area contributed by atoms with E-state index in [0.717, 1.165) is 25.0 Å². The summed E-state index contributed by atoms with van der Waals surface area (Å²) in [4.78, 5) is 3.99. The summed E-state index contributed by atoms with van der Waals surface area (Å²) in [5.41, 5.74) is 5.52. The van der Waals surface area contributed by atoms with Crippen molar-refractivity contribution in [3.05, 3.63) is 18.3 Å². The number of hydrogen-bond acceptors (Lipinski definition) is 5. The second-order valence-corrected chi connectivity index (χ2v) is 7.92. The lowest BCUT2D eigenvalue weighted by Crippen LogP contribution is -2.33. The second-order valence-electron chi connectivity index (χ2n) is 4.63. The number of pyridine rings is 1. The minimum absolute atomic E-state index is 0.0310. The van der Waals surface area contributed by atoms with Gasteiger partial charge in [0, 0.05) is 23.6 Å². The second kappa shape index (κ2) is 6.11. The van der Waals surface area contributed by atoms with Crippen LogP contribution in [0.2, 0.25) is 0 Å². The molecule has 0 radical (unpaired) electrons. The van der Waals surface area contributed by atoms with E-state index in [2.05, 4.69) is 16.6 Å².